The van der Waals surface area contributed by atoms with Gasteiger partial charge in [0.15, 0.2) is 0 Å². The van der Waals surface area contributed by atoms with Crippen molar-refractivity contribution in [2.45, 2.75) is 139 Å². The first-order valence-corrected chi connectivity index (χ1v) is 13.0. The summed E-state index contributed by atoms with van der Waals surface area (Å²) < 4.78 is 0. The predicted molar refractivity (Wildman–Crippen MR) is 126 cm³/mol. The number of unbranched alkanes of at least 4 members (excludes halogenated alkanes) is 1. The highest BCUT2D eigenvalue weighted by molar-refractivity contribution is 4.77. The van der Waals surface area contributed by atoms with Crippen molar-refractivity contribution in [2.24, 2.45) is 35.5 Å². The zero-order valence-electron chi connectivity index (χ0n) is 20.7. The second kappa shape index (κ2) is 16.9. The first kappa shape index (κ1) is 27.0. The molecule has 1 saturated carbocycles. The molecule has 0 radical (unpaired) electrons. The Morgan fingerprint density at radius 3 is 2.11 bits per heavy atom. The molecule has 5 unspecified atom stereocenters. The van der Waals surface area contributed by atoms with Gasteiger partial charge in [0.25, 0.3) is 0 Å². The third-order valence-electron chi connectivity index (χ3n) is 7.14. The van der Waals surface area contributed by atoms with Crippen molar-refractivity contribution >= 4 is 0 Å². The summed E-state index contributed by atoms with van der Waals surface area (Å²) in [7, 11) is 0. The molecule has 1 rings (SSSR count). The highest BCUT2D eigenvalue weighted by Crippen LogP contribution is 2.38. The van der Waals surface area contributed by atoms with E-state index >= 15 is 0 Å². The van der Waals surface area contributed by atoms with E-state index in [9.17, 15) is 0 Å². The average Bonchev–Trinajstić information content (AvgIpc) is 2.65. The molecule has 164 valence electrons. The maximum Gasteiger partial charge on any atom is -0.0386 e. The normalized spacial score (nSPS) is 27.4. The summed E-state index contributed by atoms with van der Waals surface area (Å²) in [4.78, 5) is 0. The molecule has 0 aromatic rings. The van der Waals surface area contributed by atoms with Gasteiger partial charge in [-0.3, -0.25) is 0 Å². The molecule has 0 spiro atoms. The molecule has 1 fully saturated rings. The van der Waals surface area contributed by atoms with E-state index in [0.717, 1.165) is 35.5 Å². The number of rotatable bonds is 11. The van der Waals surface area contributed by atoms with Crippen LogP contribution in [0.25, 0.3) is 0 Å². The Kier molecular flexibility index (Phi) is 16.9. The van der Waals surface area contributed by atoms with E-state index in [0.29, 0.717) is 0 Å². The van der Waals surface area contributed by atoms with Gasteiger partial charge in [0.2, 0.25) is 0 Å². The highest BCUT2D eigenvalue weighted by atomic mass is 14.3. The van der Waals surface area contributed by atoms with E-state index in [1.165, 1.54) is 83.5 Å². The van der Waals surface area contributed by atoms with Crippen LogP contribution in [-0.2, 0) is 0 Å². The lowest BCUT2D eigenvalue weighted by Crippen LogP contribution is -2.22. The smallest absolute Gasteiger partial charge is 0.0386 e. The first-order chi connectivity index (χ1) is 13.0. The molecule has 5 atom stereocenters. The number of hydrogen-bond acceptors (Lipinski definition) is 0. The molecule has 0 aromatic heterocycles. The van der Waals surface area contributed by atoms with Gasteiger partial charge in [-0.15, -0.1) is 0 Å². The molecule has 1 aliphatic rings. The molecule has 0 aromatic carbocycles. The van der Waals surface area contributed by atoms with E-state index in [-0.39, 0.29) is 0 Å². The van der Waals surface area contributed by atoms with Crippen molar-refractivity contribution in [2.75, 3.05) is 0 Å². The second-order valence-electron chi connectivity index (χ2n) is 10.1. The quantitative estimate of drug-likeness (QED) is 0.313. The van der Waals surface area contributed by atoms with Gasteiger partial charge in [-0.2, -0.15) is 0 Å². The van der Waals surface area contributed by atoms with Crippen molar-refractivity contribution in [3.8, 4) is 0 Å². The SMILES string of the molecule is CC.CCCC(CC)CCCCC1CCC(C)C(CCC(C)C)CC(C)C1. The van der Waals surface area contributed by atoms with Crippen LogP contribution in [-0.4, -0.2) is 0 Å². The zero-order chi connectivity index (χ0) is 20.7. The Morgan fingerprint density at radius 1 is 0.815 bits per heavy atom. The van der Waals surface area contributed by atoms with Crippen LogP contribution in [0.1, 0.15) is 139 Å². The summed E-state index contributed by atoms with van der Waals surface area (Å²) in [5.74, 6) is 5.81. The fourth-order valence-electron chi connectivity index (χ4n) is 5.31. The van der Waals surface area contributed by atoms with Crippen molar-refractivity contribution in [3.05, 3.63) is 0 Å². The summed E-state index contributed by atoms with van der Waals surface area (Å²) in [6.07, 6.45) is 19.1. The van der Waals surface area contributed by atoms with Gasteiger partial charge in [-0.1, -0.05) is 120 Å². The molecule has 0 amide bonds. The molecular formula is C27H56. The number of hydrogen-bond donors (Lipinski definition) is 0. The fraction of sp³-hybridized carbons (Fsp3) is 1.00. The minimum Gasteiger partial charge on any atom is -0.0683 e. The molecule has 0 nitrogen and oxygen atoms in total. The van der Waals surface area contributed by atoms with Crippen LogP contribution in [0.2, 0.25) is 0 Å². The van der Waals surface area contributed by atoms with Crippen molar-refractivity contribution in [1.29, 1.82) is 0 Å². The van der Waals surface area contributed by atoms with E-state index in [1.54, 1.807) is 0 Å². The van der Waals surface area contributed by atoms with Crippen LogP contribution in [0, 0.1) is 35.5 Å². The summed E-state index contributed by atoms with van der Waals surface area (Å²) in [6, 6.07) is 0. The lowest BCUT2D eigenvalue weighted by molar-refractivity contribution is 0.180. The largest absolute Gasteiger partial charge is 0.0683 e. The fourth-order valence-corrected chi connectivity index (χ4v) is 5.31. The monoisotopic (exact) mass is 380 g/mol. The minimum atomic E-state index is 0.875. The van der Waals surface area contributed by atoms with E-state index in [1.807, 2.05) is 13.8 Å². The van der Waals surface area contributed by atoms with Gasteiger partial charge < -0.3 is 0 Å². The molecule has 0 heteroatoms. The van der Waals surface area contributed by atoms with Gasteiger partial charge in [0.05, 0.1) is 0 Å². The minimum absolute atomic E-state index is 0.875. The zero-order valence-corrected chi connectivity index (χ0v) is 20.7. The van der Waals surface area contributed by atoms with Crippen molar-refractivity contribution < 1.29 is 0 Å². The first-order valence-electron chi connectivity index (χ1n) is 13.0. The van der Waals surface area contributed by atoms with Crippen molar-refractivity contribution in [3.63, 3.8) is 0 Å². The molecule has 0 heterocycles. The molecule has 0 N–H and O–H groups in total. The third-order valence-corrected chi connectivity index (χ3v) is 7.14. The van der Waals surface area contributed by atoms with Gasteiger partial charge >= 0.3 is 0 Å². The maximum atomic E-state index is 2.55. The Morgan fingerprint density at radius 2 is 1.52 bits per heavy atom. The lowest BCUT2D eigenvalue weighted by Gasteiger charge is -2.33. The Bertz CT molecular complexity index is 305. The van der Waals surface area contributed by atoms with Crippen molar-refractivity contribution in [1.82, 2.24) is 0 Å². The molecule has 0 aliphatic heterocycles. The summed E-state index contributed by atoms with van der Waals surface area (Å²) in [5.41, 5.74) is 0. The van der Waals surface area contributed by atoms with E-state index in [4.69, 9.17) is 0 Å². The Labute approximate surface area is 174 Å². The standard InChI is InChI=1S/C25H50.C2H6/c1-7-11-23(8-2)12-9-10-13-24-16-15-22(6)25(17-14-20(3)4)19-21(5)18-24;1-2/h20-25H,7-19H2,1-6H3;1-2H3. The van der Waals surface area contributed by atoms with Crippen LogP contribution >= 0.6 is 0 Å². The van der Waals surface area contributed by atoms with Gasteiger partial charge in [-0.05, 0) is 54.8 Å². The van der Waals surface area contributed by atoms with Gasteiger partial charge in [0.1, 0.15) is 0 Å². The van der Waals surface area contributed by atoms with E-state index < -0.39 is 0 Å². The molecule has 0 saturated heterocycles. The topological polar surface area (TPSA) is 0 Å². The van der Waals surface area contributed by atoms with Crippen LogP contribution in [0.3, 0.4) is 0 Å². The highest BCUT2D eigenvalue weighted by Gasteiger charge is 2.26. The third kappa shape index (κ3) is 13.0. The predicted octanol–water partition coefficient (Wildman–Crippen LogP) is 9.91. The van der Waals surface area contributed by atoms with Crippen LogP contribution < -0.4 is 0 Å². The Hall–Kier alpha value is 0. The van der Waals surface area contributed by atoms with Crippen LogP contribution in [0.5, 0.6) is 0 Å². The van der Waals surface area contributed by atoms with E-state index in [2.05, 4.69) is 41.5 Å². The van der Waals surface area contributed by atoms with Crippen LogP contribution in [0.4, 0.5) is 0 Å². The summed E-state index contributed by atoms with van der Waals surface area (Å²) in [5, 5.41) is 0. The van der Waals surface area contributed by atoms with Gasteiger partial charge in [0, 0.05) is 0 Å². The average molecular weight is 381 g/mol. The van der Waals surface area contributed by atoms with Gasteiger partial charge in [-0.25, -0.2) is 0 Å². The molecule has 1 aliphatic carbocycles. The molecule has 27 heavy (non-hydrogen) atoms. The Balaban J connectivity index is 0.00000326. The van der Waals surface area contributed by atoms with Crippen LogP contribution in [0.15, 0.2) is 0 Å². The summed E-state index contributed by atoms with van der Waals surface area (Å²) in [6.45, 7) is 18.6. The lowest BCUT2D eigenvalue weighted by atomic mass is 9.72. The summed E-state index contributed by atoms with van der Waals surface area (Å²) >= 11 is 0. The second-order valence-corrected chi connectivity index (χ2v) is 10.1. The molecule has 0 bridgehead atoms. The molecular weight excluding hydrogens is 324 g/mol. The maximum absolute atomic E-state index is 2.55.